The molecule has 0 unspecified atom stereocenters. The molecule has 1 aliphatic rings. The van der Waals surface area contributed by atoms with Crippen LogP contribution in [0.15, 0.2) is 54.6 Å². The van der Waals surface area contributed by atoms with Gasteiger partial charge in [0.05, 0.1) is 5.25 Å². The summed E-state index contributed by atoms with van der Waals surface area (Å²) in [6.07, 6.45) is 0.132. The lowest BCUT2D eigenvalue weighted by Crippen LogP contribution is -2.45. The van der Waals surface area contributed by atoms with E-state index in [9.17, 15) is 14.4 Å². The summed E-state index contributed by atoms with van der Waals surface area (Å²) in [6, 6.07) is 15.9. The van der Waals surface area contributed by atoms with E-state index in [0.29, 0.717) is 5.75 Å². The van der Waals surface area contributed by atoms with Crippen molar-refractivity contribution < 1.29 is 19.1 Å². The fraction of sp³-hybridized carbons (Fsp3) is 0.250. The van der Waals surface area contributed by atoms with Gasteiger partial charge in [-0.15, -0.1) is 0 Å². The fourth-order valence-corrected chi connectivity index (χ4v) is 4.15. The highest BCUT2D eigenvalue weighted by atomic mass is 32.2. The van der Waals surface area contributed by atoms with Crippen molar-refractivity contribution in [3.8, 4) is 11.5 Å². The molecule has 2 atom stereocenters. The standard InChI is InChI=1S/C20H20N2O4S/c1-13(23)27-17-11-18(24)22(19(17)20(21)25)12-14-7-9-16(10-8-14)26-15-5-3-2-4-6-15/h2-10,17,19H,11-12H2,1H3,(H2,21,25)/t17-,19-/m0/s1. The zero-order valence-electron chi connectivity index (χ0n) is 14.8. The zero-order valence-corrected chi connectivity index (χ0v) is 15.6. The van der Waals surface area contributed by atoms with Crippen molar-refractivity contribution in [2.75, 3.05) is 0 Å². The largest absolute Gasteiger partial charge is 0.457 e. The third-order valence-corrected chi connectivity index (χ3v) is 5.31. The van der Waals surface area contributed by atoms with Crippen LogP contribution in [0, 0.1) is 0 Å². The summed E-state index contributed by atoms with van der Waals surface area (Å²) in [5.74, 6) is 0.637. The Labute approximate surface area is 161 Å². The fourth-order valence-electron chi connectivity index (χ4n) is 3.08. The third-order valence-electron chi connectivity index (χ3n) is 4.25. The summed E-state index contributed by atoms with van der Waals surface area (Å²) in [5, 5.41) is -0.573. The average molecular weight is 384 g/mol. The molecular formula is C20H20N2O4S. The molecule has 0 radical (unpaired) electrons. The summed E-state index contributed by atoms with van der Waals surface area (Å²) < 4.78 is 5.75. The van der Waals surface area contributed by atoms with Crippen LogP contribution < -0.4 is 10.5 Å². The molecule has 1 heterocycles. The lowest BCUT2D eigenvalue weighted by molar-refractivity contribution is -0.134. The normalized spacial score (nSPS) is 19.1. The number of nitrogens with zero attached hydrogens (tertiary/aromatic N) is 1. The first-order valence-electron chi connectivity index (χ1n) is 8.52. The van der Waals surface area contributed by atoms with Crippen molar-refractivity contribution >= 4 is 28.7 Å². The number of ether oxygens (including phenoxy) is 1. The van der Waals surface area contributed by atoms with Gasteiger partial charge in [-0.25, -0.2) is 0 Å². The first-order chi connectivity index (χ1) is 12.9. The first-order valence-corrected chi connectivity index (χ1v) is 9.40. The van der Waals surface area contributed by atoms with Crippen LogP contribution in [0.3, 0.4) is 0 Å². The molecule has 0 bridgehead atoms. The Hall–Kier alpha value is -2.80. The van der Waals surface area contributed by atoms with Gasteiger partial charge in [0.15, 0.2) is 5.12 Å². The van der Waals surface area contributed by atoms with Crippen LogP contribution in [0.5, 0.6) is 11.5 Å². The Morgan fingerprint density at radius 3 is 2.33 bits per heavy atom. The van der Waals surface area contributed by atoms with E-state index in [-0.39, 0.29) is 24.0 Å². The molecule has 1 saturated heterocycles. The SMILES string of the molecule is CC(=O)S[C@H]1CC(=O)N(Cc2ccc(Oc3ccccc3)cc2)[C@@H]1C(N)=O. The second kappa shape index (κ2) is 8.26. The highest BCUT2D eigenvalue weighted by molar-refractivity contribution is 8.14. The molecule has 2 amide bonds. The van der Waals surface area contributed by atoms with Gasteiger partial charge >= 0.3 is 0 Å². The smallest absolute Gasteiger partial charge is 0.241 e. The number of hydrogen-bond donors (Lipinski definition) is 1. The van der Waals surface area contributed by atoms with E-state index in [2.05, 4.69) is 0 Å². The Balaban J connectivity index is 1.70. The Morgan fingerprint density at radius 1 is 1.11 bits per heavy atom. The summed E-state index contributed by atoms with van der Waals surface area (Å²) >= 11 is 0.998. The predicted molar refractivity (Wildman–Crippen MR) is 103 cm³/mol. The minimum absolute atomic E-state index is 0.132. The van der Waals surface area contributed by atoms with Gasteiger partial charge in [-0.2, -0.15) is 0 Å². The second-order valence-electron chi connectivity index (χ2n) is 6.28. The van der Waals surface area contributed by atoms with Crippen molar-refractivity contribution in [2.45, 2.75) is 31.2 Å². The second-order valence-corrected chi connectivity index (χ2v) is 7.70. The van der Waals surface area contributed by atoms with Crippen LogP contribution in [0.2, 0.25) is 0 Å². The molecule has 2 aromatic carbocycles. The summed E-state index contributed by atoms with van der Waals surface area (Å²) in [6.45, 7) is 1.67. The lowest BCUT2D eigenvalue weighted by Gasteiger charge is -2.25. The number of rotatable bonds is 6. The molecule has 0 aliphatic carbocycles. The molecule has 1 aliphatic heterocycles. The maximum absolute atomic E-state index is 12.4. The zero-order chi connectivity index (χ0) is 19.4. The number of para-hydroxylation sites is 1. The molecule has 2 N–H and O–H groups in total. The summed E-state index contributed by atoms with van der Waals surface area (Å²) in [7, 11) is 0. The van der Waals surface area contributed by atoms with Crippen LogP contribution in [-0.2, 0) is 20.9 Å². The molecule has 7 heteroatoms. The van der Waals surface area contributed by atoms with Crippen molar-refractivity contribution in [3.63, 3.8) is 0 Å². The van der Waals surface area contributed by atoms with Gasteiger partial charge in [-0.05, 0) is 29.8 Å². The Kier molecular flexibility index (Phi) is 5.81. The molecular weight excluding hydrogens is 364 g/mol. The Morgan fingerprint density at radius 2 is 1.74 bits per heavy atom. The average Bonchev–Trinajstić information content (AvgIpc) is 2.92. The monoisotopic (exact) mass is 384 g/mol. The summed E-state index contributed by atoms with van der Waals surface area (Å²) in [4.78, 5) is 37.1. The van der Waals surface area contributed by atoms with Gasteiger partial charge in [0.1, 0.15) is 17.5 Å². The maximum Gasteiger partial charge on any atom is 0.241 e. The molecule has 140 valence electrons. The molecule has 2 aromatic rings. The van der Waals surface area contributed by atoms with E-state index in [1.165, 1.54) is 11.8 Å². The highest BCUT2D eigenvalue weighted by Crippen LogP contribution is 2.32. The van der Waals surface area contributed by atoms with Crippen molar-refractivity contribution in [3.05, 3.63) is 60.2 Å². The molecule has 0 spiro atoms. The third kappa shape index (κ3) is 4.68. The molecule has 6 nitrogen and oxygen atoms in total. The molecule has 27 heavy (non-hydrogen) atoms. The number of nitrogens with two attached hydrogens (primary N) is 1. The minimum Gasteiger partial charge on any atom is -0.457 e. The number of benzene rings is 2. The first kappa shape index (κ1) is 19.0. The number of carbonyl (C=O) groups is 3. The van der Waals surface area contributed by atoms with Crippen LogP contribution in [0.25, 0.3) is 0 Å². The van der Waals surface area contributed by atoms with Gasteiger partial charge in [-0.1, -0.05) is 42.1 Å². The lowest BCUT2D eigenvalue weighted by atomic mass is 10.1. The van der Waals surface area contributed by atoms with E-state index in [4.69, 9.17) is 10.5 Å². The number of carbonyl (C=O) groups excluding carboxylic acids is 3. The van der Waals surface area contributed by atoms with E-state index in [1.54, 1.807) is 0 Å². The van der Waals surface area contributed by atoms with Gasteiger partial charge in [0, 0.05) is 19.9 Å². The van der Waals surface area contributed by atoms with Crippen LogP contribution in [0.4, 0.5) is 0 Å². The van der Waals surface area contributed by atoms with Crippen LogP contribution in [-0.4, -0.2) is 33.1 Å². The number of likely N-dealkylation sites (tertiary alicyclic amines) is 1. The molecule has 3 rings (SSSR count). The molecule has 0 aromatic heterocycles. The van der Waals surface area contributed by atoms with E-state index < -0.39 is 17.2 Å². The van der Waals surface area contributed by atoms with Gasteiger partial charge in [0.25, 0.3) is 0 Å². The Bertz CT molecular complexity index is 839. The number of thioether (sulfide) groups is 1. The molecule has 0 saturated carbocycles. The van der Waals surface area contributed by atoms with E-state index in [0.717, 1.165) is 23.1 Å². The van der Waals surface area contributed by atoms with Crippen molar-refractivity contribution in [1.29, 1.82) is 0 Å². The highest BCUT2D eigenvalue weighted by Gasteiger charge is 2.44. The van der Waals surface area contributed by atoms with Gasteiger partial charge in [0.2, 0.25) is 11.8 Å². The van der Waals surface area contributed by atoms with E-state index in [1.807, 2.05) is 54.6 Å². The quantitative estimate of drug-likeness (QED) is 0.827. The summed E-state index contributed by atoms with van der Waals surface area (Å²) in [5.41, 5.74) is 6.35. The van der Waals surface area contributed by atoms with Gasteiger partial charge < -0.3 is 15.4 Å². The van der Waals surface area contributed by atoms with E-state index >= 15 is 0 Å². The predicted octanol–water partition coefficient (Wildman–Crippen LogP) is 2.71. The number of primary amides is 1. The van der Waals surface area contributed by atoms with Crippen LogP contribution in [0.1, 0.15) is 18.9 Å². The number of hydrogen-bond acceptors (Lipinski definition) is 5. The minimum atomic E-state index is -0.786. The van der Waals surface area contributed by atoms with Crippen molar-refractivity contribution in [1.82, 2.24) is 4.90 Å². The maximum atomic E-state index is 12.4. The number of amides is 2. The topological polar surface area (TPSA) is 89.7 Å². The van der Waals surface area contributed by atoms with Gasteiger partial charge in [-0.3, -0.25) is 14.4 Å². The van der Waals surface area contributed by atoms with Crippen LogP contribution >= 0.6 is 11.8 Å². The van der Waals surface area contributed by atoms with Crippen molar-refractivity contribution in [2.24, 2.45) is 5.73 Å². The molecule has 1 fully saturated rings.